The molecular weight excluding hydrogens is 484 g/mol. The highest BCUT2D eigenvalue weighted by molar-refractivity contribution is 5.73. The van der Waals surface area contributed by atoms with Crippen LogP contribution in [0.5, 0.6) is 0 Å². The lowest BCUT2D eigenvalue weighted by molar-refractivity contribution is -0.152. The van der Waals surface area contributed by atoms with E-state index >= 15 is 0 Å². The Morgan fingerprint density at radius 2 is 1.92 bits per heavy atom. The summed E-state index contributed by atoms with van der Waals surface area (Å²) in [6.45, 7) is 11.4. The van der Waals surface area contributed by atoms with Gasteiger partial charge in [0.15, 0.2) is 0 Å². The van der Waals surface area contributed by atoms with Gasteiger partial charge in [-0.25, -0.2) is 19.3 Å². The third-order valence-electron chi connectivity index (χ3n) is 6.91. The minimum absolute atomic E-state index is 0.0876. The van der Waals surface area contributed by atoms with Crippen molar-refractivity contribution in [2.24, 2.45) is 18.9 Å². The molecule has 3 aromatic rings. The number of aliphatic hydroxyl groups is 1. The number of aromatic nitrogens is 4. The van der Waals surface area contributed by atoms with E-state index in [1.165, 1.54) is 10.9 Å². The molecule has 0 fully saturated rings. The number of imidazole rings is 2. The monoisotopic (exact) mass is 524 g/mol. The van der Waals surface area contributed by atoms with E-state index in [2.05, 4.69) is 9.97 Å². The summed E-state index contributed by atoms with van der Waals surface area (Å²) in [5.41, 5.74) is 4.03. The second kappa shape index (κ2) is 12.4. The number of rotatable bonds is 10. The van der Waals surface area contributed by atoms with E-state index in [4.69, 9.17) is 9.47 Å². The summed E-state index contributed by atoms with van der Waals surface area (Å²) >= 11 is 0. The van der Waals surface area contributed by atoms with Gasteiger partial charge in [-0.3, -0.25) is 4.79 Å². The van der Waals surface area contributed by atoms with Crippen molar-refractivity contribution in [3.05, 3.63) is 71.3 Å². The molecule has 38 heavy (non-hydrogen) atoms. The van der Waals surface area contributed by atoms with Gasteiger partial charge in [0.2, 0.25) is 0 Å². The molecular formula is C29H40N4O5. The van der Waals surface area contributed by atoms with E-state index in [0.29, 0.717) is 12.8 Å². The van der Waals surface area contributed by atoms with Gasteiger partial charge in [0, 0.05) is 43.6 Å². The van der Waals surface area contributed by atoms with Crippen LogP contribution in [-0.2, 0) is 34.3 Å². The SMILES string of the molecule is CCC(C(=O)OCc1cccc([C@H](C)c2cn(C(=O)OC(C)(C)C)cn2)c1C)C(CO)Cc1cncn1C. The largest absolute Gasteiger partial charge is 0.461 e. The second-order valence-corrected chi connectivity index (χ2v) is 10.8. The molecule has 0 spiro atoms. The molecule has 0 aliphatic carbocycles. The third-order valence-corrected chi connectivity index (χ3v) is 6.91. The summed E-state index contributed by atoms with van der Waals surface area (Å²) < 4.78 is 14.4. The number of benzene rings is 1. The van der Waals surface area contributed by atoms with Crippen LogP contribution in [0.3, 0.4) is 0 Å². The maximum absolute atomic E-state index is 13.1. The molecule has 1 aromatic carbocycles. The topological polar surface area (TPSA) is 108 Å². The smallest absolute Gasteiger partial charge is 0.419 e. The Hall–Kier alpha value is -3.46. The van der Waals surface area contributed by atoms with Crippen LogP contribution in [0.2, 0.25) is 0 Å². The van der Waals surface area contributed by atoms with Crippen LogP contribution in [0.4, 0.5) is 4.79 Å². The fourth-order valence-electron chi connectivity index (χ4n) is 4.60. The molecule has 0 amide bonds. The molecule has 3 atom stereocenters. The first-order valence-electron chi connectivity index (χ1n) is 13.0. The van der Waals surface area contributed by atoms with Gasteiger partial charge in [-0.15, -0.1) is 0 Å². The van der Waals surface area contributed by atoms with Crippen molar-refractivity contribution in [1.29, 1.82) is 0 Å². The fraction of sp³-hybridized carbons (Fsp3) is 0.517. The number of aliphatic hydroxyl groups excluding tert-OH is 1. The number of hydrogen-bond acceptors (Lipinski definition) is 7. The van der Waals surface area contributed by atoms with E-state index in [9.17, 15) is 14.7 Å². The maximum Gasteiger partial charge on any atom is 0.419 e. The van der Waals surface area contributed by atoms with Gasteiger partial charge in [-0.2, -0.15) is 0 Å². The summed E-state index contributed by atoms with van der Waals surface area (Å²) in [6.07, 6.45) is 7.26. The fourth-order valence-corrected chi connectivity index (χ4v) is 4.60. The van der Waals surface area contributed by atoms with Gasteiger partial charge in [-0.05, 0) is 57.2 Å². The number of hydrogen-bond donors (Lipinski definition) is 1. The Kier molecular flexibility index (Phi) is 9.49. The molecule has 0 bridgehead atoms. The molecule has 2 heterocycles. The minimum Gasteiger partial charge on any atom is -0.461 e. The number of ether oxygens (including phenoxy) is 2. The van der Waals surface area contributed by atoms with Gasteiger partial charge in [0.05, 0.1) is 17.9 Å². The second-order valence-electron chi connectivity index (χ2n) is 10.8. The number of esters is 1. The Labute approximate surface area is 224 Å². The average Bonchev–Trinajstić information content (AvgIpc) is 3.51. The van der Waals surface area contributed by atoms with Crippen molar-refractivity contribution in [3.63, 3.8) is 0 Å². The molecule has 0 aliphatic rings. The lowest BCUT2D eigenvalue weighted by atomic mass is 9.87. The number of carbonyl (C=O) groups is 2. The van der Waals surface area contributed by atoms with Crippen LogP contribution in [0, 0.1) is 18.8 Å². The summed E-state index contributed by atoms with van der Waals surface area (Å²) in [7, 11) is 1.90. The molecule has 9 nitrogen and oxygen atoms in total. The highest BCUT2D eigenvalue weighted by Gasteiger charge is 2.29. The number of carbonyl (C=O) groups excluding carboxylic acids is 2. The first-order chi connectivity index (χ1) is 17.9. The zero-order valence-corrected chi connectivity index (χ0v) is 23.5. The summed E-state index contributed by atoms with van der Waals surface area (Å²) in [4.78, 5) is 34.0. The van der Waals surface area contributed by atoms with E-state index in [0.717, 1.165) is 28.1 Å². The molecule has 2 aromatic heterocycles. The summed E-state index contributed by atoms with van der Waals surface area (Å²) in [6, 6.07) is 5.89. The quantitative estimate of drug-likeness (QED) is 0.380. The van der Waals surface area contributed by atoms with Crippen LogP contribution in [0.1, 0.15) is 75.0 Å². The summed E-state index contributed by atoms with van der Waals surface area (Å²) in [5, 5.41) is 10.0. The molecule has 3 rings (SSSR count). The van der Waals surface area contributed by atoms with Crippen LogP contribution in [-0.4, -0.2) is 48.5 Å². The van der Waals surface area contributed by atoms with Crippen molar-refractivity contribution < 1.29 is 24.2 Å². The normalized spacial score (nSPS) is 14.1. The van der Waals surface area contributed by atoms with Crippen molar-refractivity contribution >= 4 is 12.1 Å². The predicted octanol–water partition coefficient (Wildman–Crippen LogP) is 4.78. The van der Waals surface area contributed by atoms with Crippen molar-refractivity contribution in [2.75, 3.05) is 6.61 Å². The molecule has 2 unspecified atom stereocenters. The molecule has 1 N–H and O–H groups in total. The standard InChI is InChI=1S/C29H40N4O5/c1-8-24(22(15-34)12-23-13-30-17-32(23)7)27(35)37-16-21-10-9-11-25(19(21)2)20(3)26-14-33(18-31-26)28(36)38-29(4,5)6/h9-11,13-14,17-18,20,22,24,34H,8,12,15-16H2,1-7H3/t20-,22?,24?/m0/s1. The van der Waals surface area contributed by atoms with Crippen LogP contribution >= 0.6 is 0 Å². The summed E-state index contributed by atoms with van der Waals surface area (Å²) in [5.74, 6) is -1.08. The van der Waals surface area contributed by atoms with Crippen molar-refractivity contribution in [1.82, 2.24) is 19.1 Å². The lowest BCUT2D eigenvalue weighted by Gasteiger charge is -2.23. The van der Waals surface area contributed by atoms with Crippen molar-refractivity contribution in [3.8, 4) is 0 Å². The van der Waals surface area contributed by atoms with E-state index in [-0.39, 0.29) is 31.0 Å². The zero-order chi connectivity index (χ0) is 28.0. The molecule has 9 heteroatoms. The van der Waals surface area contributed by atoms with Gasteiger partial charge in [0.25, 0.3) is 0 Å². The Bertz CT molecular complexity index is 1240. The average molecular weight is 525 g/mol. The highest BCUT2D eigenvalue weighted by Crippen LogP contribution is 2.29. The van der Waals surface area contributed by atoms with E-state index in [1.54, 1.807) is 18.7 Å². The van der Waals surface area contributed by atoms with Gasteiger partial charge < -0.3 is 19.1 Å². The van der Waals surface area contributed by atoms with Crippen LogP contribution < -0.4 is 0 Å². The maximum atomic E-state index is 13.1. The van der Waals surface area contributed by atoms with Crippen LogP contribution in [0.15, 0.2) is 43.2 Å². The minimum atomic E-state index is -0.595. The molecule has 206 valence electrons. The predicted molar refractivity (Wildman–Crippen MR) is 144 cm³/mol. The third kappa shape index (κ3) is 7.10. The van der Waals surface area contributed by atoms with E-state index < -0.39 is 17.6 Å². The number of aryl methyl sites for hydroxylation is 1. The van der Waals surface area contributed by atoms with Gasteiger partial charge in [0.1, 0.15) is 18.5 Å². The van der Waals surface area contributed by atoms with Gasteiger partial charge in [-0.1, -0.05) is 32.0 Å². The lowest BCUT2D eigenvalue weighted by Crippen LogP contribution is -2.30. The molecule has 0 aliphatic heterocycles. The highest BCUT2D eigenvalue weighted by atomic mass is 16.6. The van der Waals surface area contributed by atoms with Crippen LogP contribution in [0.25, 0.3) is 0 Å². The van der Waals surface area contributed by atoms with E-state index in [1.807, 2.05) is 71.4 Å². The molecule has 0 saturated carbocycles. The first-order valence-corrected chi connectivity index (χ1v) is 13.0. The molecule has 0 radical (unpaired) electrons. The Balaban J connectivity index is 1.69. The first kappa shape index (κ1) is 29.1. The van der Waals surface area contributed by atoms with Gasteiger partial charge >= 0.3 is 12.1 Å². The number of nitrogens with zero attached hydrogens (tertiary/aromatic N) is 4. The van der Waals surface area contributed by atoms with Crippen molar-refractivity contribution in [2.45, 2.75) is 72.5 Å². The molecule has 0 saturated heterocycles. The Morgan fingerprint density at radius 3 is 2.53 bits per heavy atom. The Morgan fingerprint density at radius 1 is 1.18 bits per heavy atom. The zero-order valence-electron chi connectivity index (χ0n) is 23.5.